The summed E-state index contributed by atoms with van der Waals surface area (Å²) in [4.78, 5) is 9.91. The first kappa shape index (κ1) is 14.6. The standard InChI is InChI=1S/C14H21N3O3/c1-9(17(2)5-6-18)14-15-10-7-12(19-3)13(20-4)8-11(10)16-14/h7-9,18H,5-6H2,1-4H3,(H,15,16). The van der Waals surface area contributed by atoms with Crippen molar-refractivity contribution in [1.82, 2.24) is 14.9 Å². The number of aliphatic hydroxyl groups excluding tert-OH is 1. The number of H-pyrrole nitrogens is 1. The van der Waals surface area contributed by atoms with Crippen molar-refractivity contribution in [3.05, 3.63) is 18.0 Å². The number of methoxy groups -OCH3 is 2. The Kier molecular flexibility index (Phi) is 4.46. The molecule has 6 nitrogen and oxygen atoms in total. The van der Waals surface area contributed by atoms with Crippen LogP contribution < -0.4 is 9.47 Å². The highest BCUT2D eigenvalue weighted by atomic mass is 16.5. The van der Waals surface area contributed by atoms with Crippen LogP contribution in [0.1, 0.15) is 18.8 Å². The third-order valence-corrected chi connectivity index (χ3v) is 3.52. The normalized spacial score (nSPS) is 12.9. The molecule has 1 heterocycles. The number of likely N-dealkylation sites (N-methyl/N-ethyl adjacent to an activating group) is 1. The molecule has 0 bridgehead atoms. The average Bonchev–Trinajstić information content (AvgIpc) is 2.87. The first-order valence-corrected chi connectivity index (χ1v) is 6.53. The molecule has 1 aromatic carbocycles. The Morgan fingerprint density at radius 2 is 1.95 bits per heavy atom. The van der Waals surface area contributed by atoms with Gasteiger partial charge in [0.2, 0.25) is 0 Å². The lowest BCUT2D eigenvalue weighted by Gasteiger charge is -2.21. The van der Waals surface area contributed by atoms with E-state index in [1.807, 2.05) is 31.0 Å². The van der Waals surface area contributed by atoms with E-state index in [0.717, 1.165) is 16.9 Å². The smallest absolute Gasteiger partial charge is 0.163 e. The third-order valence-electron chi connectivity index (χ3n) is 3.52. The maximum atomic E-state index is 9.00. The molecule has 2 aromatic rings. The minimum absolute atomic E-state index is 0.0894. The van der Waals surface area contributed by atoms with E-state index in [2.05, 4.69) is 9.97 Å². The molecule has 0 spiro atoms. The van der Waals surface area contributed by atoms with E-state index >= 15 is 0 Å². The van der Waals surface area contributed by atoms with Crippen LogP contribution in [-0.2, 0) is 0 Å². The average molecular weight is 279 g/mol. The van der Waals surface area contributed by atoms with Crippen LogP contribution >= 0.6 is 0 Å². The van der Waals surface area contributed by atoms with Gasteiger partial charge in [0.1, 0.15) is 5.82 Å². The van der Waals surface area contributed by atoms with Gasteiger partial charge in [-0.1, -0.05) is 0 Å². The van der Waals surface area contributed by atoms with Gasteiger partial charge < -0.3 is 19.6 Å². The molecule has 1 aromatic heterocycles. The molecule has 1 atom stereocenters. The molecule has 0 fully saturated rings. The van der Waals surface area contributed by atoms with E-state index in [4.69, 9.17) is 14.6 Å². The highest BCUT2D eigenvalue weighted by Gasteiger charge is 2.16. The zero-order valence-electron chi connectivity index (χ0n) is 12.3. The Morgan fingerprint density at radius 1 is 1.30 bits per heavy atom. The lowest BCUT2D eigenvalue weighted by Crippen LogP contribution is -2.26. The second-order valence-electron chi connectivity index (χ2n) is 4.73. The third kappa shape index (κ3) is 2.71. The lowest BCUT2D eigenvalue weighted by molar-refractivity contribution is 0.185. The number of hydrogen-bond donors (Lipinski definition) is 2. The quantitative estimate of drug-likeness (QED) is 0.840. The number of hydrogen-bond acceptors (Lipinski definition) is 5. The van der Waals surface area contributed by atoms with Gasteiger partial charge in [-0.25, -0.2) is 4.98 Å². The summed E-state index contributed by atoms with van der Waals surface area (Å²) in [6, 6.07) is 3.82. The van der Waals surface area contributed by atoms with Crippen molar-refractivity contribution in [2.24, 2.45) is 0 Å². The minimum atomic E-state index is 0.0894. The predicted octanol–water partition coefficient (Wildman–Crippen LogP) is 1.57. The number of benzene rings is 1. The van der Waals surface area contributed by atoms with Gasteiger partial charge in [-0.3, -0.25) is 4.90 Å². The number of fused-ring (bicyclic) bond motifs is 1. The van der Waals surface area contributed by atoms with Crippen LogP contribution in [0.15, 0.2) is 12.1 Å². The molecule has 0 aliphatic heterocycles. The molecule has 2 rings (SSSR count). The fraction of sp³-hybridized carbons (Fsp3) is 0.500. The van der Waals surface area contributed by atoms with E-state index in [0.29, 0.717) is 18.0 Å². The Morgan fingerprint density at radius 3 is 2.55 bits per heavy atom. The van der Waals surface area contributed by atoms with Crippen molar-refractivity contribution >= 4 is 11.0 Å². The van der Waals surface area contributed by atoms with Gasteiger partial charge in [-0.2, -0.15) is 0 Å². The van der Waals surface area contributed by atoms with Crippen molar-refractivity contribution < 1.29 is 14.6 Å². The molecule has 0 amide bonds. The van der Waals surface area contributed by atoms with Crippen LogP contribution in [0.3, 0.4) is 0 Å². The first-order chi connectivity index (χ1) is 9.60. The number of imidazole rings is 1. The SMILES string of the molecule is COc1cc2nc(C(C)N(C)CCO)[nH]c2cc1OC. The highest BCUT2D eigenvalue weighted by molar-refractivity contribution is 5.79. The number of aliphatic hydroxyl groups is 1. The number of ether oxygens (including phenoxy) is 2. The Balaban J connectivity index is 2.38. The highest BCUT2D eigenvalue weighted by Crippen LogP contribution is 2.32. The van der Waals surface area contributed by atoms with Crippen molar-refractivity contribution in [2.75, 3.05) is 34.4 Å². The summed E-state index contributed by atoms with van der Waals surface area (Å²) >= 11 is 0. The van der Waals surface area contributed by atoms with Crippen LogP contribution in [0.4, 0.5) is 0 Å². The summed E-state index contributed by atoms with van der Waals surface area (Å²) in [5.74, 6) is 2.19. The zero-order valence-corrected chi connectivity index (χ0v) is 12.3. The van der Waals surface area contributed by atoms with Crippen molar-refractivity contribution in [3.63, 3.8) is 0 Å². The predicted molar refractivity (Wildman–Crippen MR) is 77.3 cm³/mol. The molecule has 0 radical (unpaired) electrons. The van der Waals surface area contributed by atoms with E-state index in [1.165, 1.54) is 0 Å². The molecule has 1 unspecified atom stereocenters. The van der Waals surface area contributed by atoms with Gasteiger partial charge in [-0.05, 0) is 14.0 Å². The fourth-order valence-corrected chi connectivity index (χ4v) is 2.11. The van der Waals surface area contributed by atoms with Gasteiger partial charge in [0.05, 0.1) is 37.9 Å². The summed E-state index contributed by atoms with van der Waals surface area (Å²) in [6.45, 7) is 2.77. The summed E-state index contributed by atoms with van der Waals surface area (Å²) in [5.41, 5.74) is 1.74. The van der Waals surface area contributed by atoms with E-state index in [9.17, 15) is 0 Å². The number of aromatic nitrogens is 2. The molecule has 2 N–H and O–H groups in total. The number of nitrogens with zero attached hydrogens (tertiary/aromatic N) is 2. The van der Waals surface area contributed by atoms with Crippen LogP contribution in [0, 0.1) is 0 Å². The van der Waals surface area contributed by atoms with Crippen LogP contribution in [0.5, 0.6) is 11.5 Å². The maximum Gasteiger partial charge on any atom is 0.163 e. The van der Waals surface area contributed by atoms with Crippen molar-refractivity contribution in [2.45, 2.75) is 13.0 Å². The van der Waals surface area contributed by atoms with Crippen LogP contribution in [0.2, 0.25) is 0 Å². The Labute approximate surface area is 118 Å². The number of nitrogens with one attached hydrogen (secondary N) is 1. The van der Waals surface area contributed by atoms with Gasteiger partial charge in [-0.15, -0.1) is 0 Å². The monoisotopic (exact) mass is 279 g/mol. The molecule has 0 saturated heterocycles. The second-order valence-corrected chi connectivity index (χ2v) is 4.73. The van der Waals surface area contributed by atoms with E-state index in [-0.39, 0.29) is 12.6 Å². The molecular weight excluding hydrogens is 258 g/mol. The van der Waals surface area contributed by atoms with Crippen molar-refractivity contribution in [1.29, 1.82) is 0 Å². The first-order valence-electron chi connectivity index (χ1n) is 6.53. The maximum absolute atomic E-state index is 9.00. The summed E-state index contributed by atoms with van der Waals surface area (Å²) in [7, 11) is 5.17. The topological polar surface area (TPSA) is 70.6 Å². The largest absolute Gasteiger partial charge is 0.493 e. The van der Waals surface area contributed by atoms with Crippen LogP contribution in [-0.4, -0.2) is 54.4 Å². The van der Waals surface area contributed by atoms with Gasteiger partial charge in [0.15, 0.2) is 11.5 Å². The minimum Gasteiger partial charge on any atom is -0.493 e. The molecule has 20 heavy (non-hydrogen) atoms. The van der Waals surface area contributed by atoms with Gasteiger partial charge in [0.25, 0.3) is 0 Å². The van der Waals surface area contributed by atoms with Crippen LogP contribution in [0.25, 0.3) is 11.0 Å². The Hall–Kier alpha value is -1.79. The fourth-order valence-electron chi connectivity index (χ4n) is 2.11. The van der Waals surface area contributed by atoms with Gasteiger partial charge in [0, 0.05) is 18.7 Å². The second kappa shape index (κ2) is 6.11. The molecular formula is C14H21N3O3. The Bertz CT molecular complexity index is 541. The van der Waals surface area contributed by atoms with Crippen molar-refractivity contribution in [3.8, 4) is 11.5 Å². The molecule has 6 heteroatoms. The molecule has 0 aliphatic rings. The molecule has 0 aliphatic carbocycles. The van der Waals surface area contributed by atoms with Gasteiger partial charge >= 0.3 is 0 Å². The zero-order chi connectivity index (χ0) is 14.7. The number of aromatic amines is 1. The van der Waals surface area contributed by atoms with E-state index in [1.54, 1.807) is 14.2 Å². The summed E-state index contributed by atoms with van der Waals surface area (Å²) in [6.07, 6.45) is 0. The molecule has 0 saturated carbocycles. The van der Waals surface area contributed by atoms with E-state index < -0.39 is 0 Å². The lowest BCUT2D eigenvalue weighted by atomic mass is 10.3. The summed E-state index contributed by atoms with van der Waals surface area (Å²) < 4.78 is 10.6. The molecule has 110 valence electrons. The number of rotatable bonds is 6. The summed E-state index contributed by atoms with van der Waals surface area (Å²) in [5, 5.41) is 9.00.